The molecule has 0 bridgehead atoms. The highest BCUT2D eigenvalue weighted by Crippen LogP contribution is 2.33. The van der Waals surface area contributed by atoms with Gasteiger partial charge < -0.3 is 20.3 Å². The minimum Gasteiger partial charge on any atom is -0.467 e. The number of nitrogens with one attached hydrogen (secondary N) is 2. The van der Waals surface area contributed by atoms with Crippen LogP contribution in [0.1, 0.15) is 56.1 Å². The topological polar surface area (TPSA) is 101 Å². The van der Waals surface area contributed by atoms with E-state index >= 15 is 0 Å². The fraction of sp³-hybridized carbons (Fsp3) is 0.455. The molecule has 164 valence electrons. The molecule has 0 aliphatic carbocycles. The number of anilines is 1. The summed E-state index contributed by atoms with van der Waals surface area (Å²) in [4.78, 5) is 43.7. The third-order valence-corrected chi connectivity index (χ3v) is 6.27. The summed E-state index contributed by atoms with van der Waals surface area (Å²) in [7, 11) is 0. The normalized spacial score (nSPS) is 21.2. The van der Waals surface area contributed by atoms with E-state index in [9.17, 15) is 14.4 Å². The van der Waals surface area contributed by atoms with E-state index in [0.717, 1.165) is 5.69 Å². The number of aromatic nitrogens is 1. The number of hydrogen-bond donors (Lipinski definition) is 2. The Morgan fingerprint density at radius 2 is 2.06 bits per heavy atom. The first kappa shape index (κ1) is 21.3. The number of carbonyl (C=O) groups excluding carboxylic acids is 3. The van der Waals surface area contributed by atoms with Crippen LogP contribution in [0.15, 0.2) is 29.6 Å². The number of carbonyl (C=O) groups is 3. The van der Waals surface area contributed by atoms with E-state index in [1.165, 1.54) is 16.2 Å². The number of para-hydroxylation sites is 1. The Morgan fingerprint density at radius 1 is 1.29 bits per heavy atom. The third kappa shape index (κ3) is 4.56. The van der Waals surface area contributed by atoms with Crippen molar-refractivity contribution in [2.24, 2.45) is 0 Å². The van der Waals surface area contributed by atoms with Gasteiger partial charge >= 0.3 is 0 Å². The number of ether oxygens (including phenoxy) is 1. The molecule has 0 saturated carbocycles. The van der Waals surface area contributed by atoms with E-state index < -0.39 is 5.72 Å². The average Bonchev–Trinajstić information content (AvgIpc) is 3.13. The summed E-state index contributed by atoms with van der Waals surface area (Å²) < 4.78 is 6.12. The van der Waals surface area contributed by atoms with Crippen molar-refractivity contribution in [1.82, 2.24) is 15.2 Å². The number of likely N-dealkylation sites (tertiary alicyclic amines) is 1. The molecule has 8 nitrogen and oxygen atoms in total. The monoisotopic (exact) mass is 442 g/mol. The minimum absolute atomic E-state index is 0.0656. The average molecular weight is 443 g/mol. The van der Waals surface area contributed by atoms with Crippen LogP contribution in [0.2, 0.25) is 0 Å². The van der Waals surface area contributed by atoms with Gasteiger partial charge in [-0.25, -0.2) is 4.98 Å². The maximum Gasteiger partial charge on any atom is 0.258 e. The first-order chi connectivity index (χ1) is 14.7. The van der Waals surface area contributed by atoms with E-state index in [-0.39, 0.29) is 36.1 Å². The summed E-state index contributed by atoms with van der Waals surface area (Å²) in [5.74, 6) is -0.126. The predicted octanol–water partition coefficient (Wildman–Crippen LogP) is 2.91. The minimum atomic E-state index is -0.941. The highest BCUT2D eigenvalue weighted by atomic mass is 32.1. The lowest BCUT2D eigenvalue weighted by atomic mass is 9.93. The molecule has 2 aromatic rings. The number of benzene rings is 1. The van der Waals surface area contributed by atoms with Gasteiger partial charge in [0, 0.05) is 36.6 Å². The molecule has 1 aromatic carbocycles. The van der Waals surface area contributed by atoms with Crippen molar-refractivity contribution in [3.05, 3.63) is 40.9 Å². The van der Waals surface area contributed by atoms with Gasteiger partial charge in [-0.05, 0) is 12.1 Å². The van der Waals surface area contributed by atoms with Crippen molar-refractivity contribution in [3.8, 4) is 5.75 Å². The lowest BCUT2D eigenvalue weighted by molar-refractivity contribution is -0.134. The van der Waals surface area contributed by atoms with Crippen LogP contribution >= 0.6 is 11.3 Å². The summed E-state index contributed by atoms with van der Waals surface area (Å²) in [5.41, 5.74) is 0.352. The van der Waals surface area contributed by atoms with Crippen molar-refractivity contribution in [2.45, 2.75) is 51.2 Å². The summed E-state index contributed by atoms with van der Waals surface area (Å²) in [6.45, 7) is 6.42. The van der Waals surface area contributed by atoms with Gasteiger partial charge in [0.2, 0.25) is 11.8 Å². The molecule has 1 spiro atoms. The van der Waals surface area contributed by atoms with E-state index in [1.54, 1.807) is 18.2 Å². The molecule has 2 N–H and O–H groups in total. The van der Waals surface area contributed by atoms with Crippen LogP contribution in [0.5, 0.6) is 5.75 Å². The smallest absolute Gasteiger partial charge is 0.258 e. The third-order valence-electron chi connectivity index (χ3n) is 5.51. The van der Waals surface area contributed by atoms with Crippen LogP contribution in [0.4, 0.5) is 5.13 Å². The van der Waals surface area contributed by atoms with Gasteiger partial charge in [0.05, 0.1) is 17.8 Å². The summed E-state index contributed by atoms with van der Waals surface area (Å²) in [6.07, 6.45) is 0.935. The number of amides is 3. The molecule has 31 heavy (non-hydrogen) atoms. The molecule has 0 radical (unpaired) electrons. The van der Waals surface area contributed by atoms with Crippen LogP contribution in [-0.2, 0) is 15.0 Å². The number of thiazole rings is 1. The van der Waals surface area contributed by atoms with Gasteiger partial charge in [-0.2, -0.15) is 0 Å². The van der Waals surface area contributed by atoms with Crippen LogP contribution in [0, 0.1) is 0 Å². The number of nitrogens with zero attached hydrogens (tertiary/aromatic N) is 2. The van der Waals surface area contributed by atoms with E-state index in [2.05, 4.69) is 36.4 Å². The SMILES string of the molecule is CC(C)(C)c1csc(NC(=O)CN2CC[C@]3(CCC2=O)NC(=O)c2ccccc2O3)n1. The molecule has 4 rings (SSSR count). The Hall–Kier alpha value is -2.94. The second-order valence-electron chi connectivity index (χ2n) is 8.95. The zero-order chi connectivity index (χ0) is 22.2. The Kier molecular flexibility index (Phi) is 5.47. The standard InChI is InChI=1S/C22H26N4O4S/c1-21(2,3)16-13-31-20(23-16)24-17(27)12-26-11-10-22(9-8-18(26)28)25-19(29)14-6-4-5-7-15(14)30-22/h4-7,13H,8-12H2,1-3H3,(H,25,29)(H,23,24,27)/t22-/m1/s1. The molecule has 3 amide bonds. The van der Waals surface area contributed by atoms with Gasteiger partial charge in [0.15, 0.2) is 10.9 Å². The van der Waals surface area contributed by atoms with Crippen LogP contribution in [-0.4, -0.2) is 46.4 Å². The Morgan fingerprint density at radius 3 is 2.81 bits per heavy atom. The molecule has 0 unspecified atom stereocenters. The molecule has 1 fully saturated rings. The molecule has 1 atom stereocenters. The van der Waals surface area contributed by atoms with Crippen molar-refractivity contribution < 1.29 is 19.1 Å². The van der Waals surface area contributed by atoms with Crippen molar-refractivity contribution in [1.29, 1.82) is 0 Å². The van der Waals surface area contributed by atoms with Crippen LogP contribution in [0.25, 0.3) is 0 Å². The largest absolute Gasteiger partial charge is 0.467 e. The second-order valence-corrected chi connectivity index (χ2v) is 9.81. The second kappa shape index (κ2) is 7.96. The van der Waals surface area contributed by atoms with Crippen LogP contribution < -0.4 is 15.4 Å². The molecule has 2 aliphatic rings. The molecular formula is C22H26N4O4S. The fourth-order valence-corrected chi connectivity index (χ4v) is 4.64. The zero-order valence-corrected chi connectivity index (χ0v) is 18.7. The fourth-order valence-electron chi connectivity index (χ4n) is 3.69. The summed E-state index contributed by atoms with van der Waals surface area (Å²) in [6, 6.07) is 7.06. The predicted molar refractivity (Wildman–Crippen MR) is 117 cm³/mol. The quantitative estimate of drug-likeness (QED) is 0.761. The first-order valence-electron chi connectivity index (χ1n) is 10.3. The van der Waals surface area contributed by atoms with Crippen molar-refractivity contribution in [3.63, 3.8) is 0 Å². The summed E-state index contributed by atoms with van der Waals surface area (Å²) >= 11 is 1.37. The maximum atomic E-state index is 12.7. The van der Waals surface area contributed by atoms with Gasteiger partial charge in [-0.15, -0.1) is 11.3 Å². The number of fused-ring (bicyclic) bond motifs is 1. The Bertz CT molecular complexity index is 1030. The molecule has 3 heterocycles. The van der Waals surface area contributed by atoms with Gasteiger partial charge in [-0.1, -0.05) is 32.9 Å². The maximum absolute atomic E-state index is 12.7. The lowest BCUT2D eigenvalue weighted by Crippen LogP contribution is -2.56. The Balaban J connectivity index is 1.40. The van der Waals surface area contributed by atoms with Crippen molar-refractivity contribution in [2.75, 3.05) is 18.4 Å². The Labute approximate surface area is 185 Å². The molecule has 1 saturated heterocycles. The number of hydrogen-bond acceptors (Lipinski definition) is 6. The number of rotatable bonds is 3. The van der Waals surface area contributed by atoms with Crippen molar-refractivity contribution >= 4 is 34.2 Å². The van der Waals surface area contributed by atoms with Gasteiger partial charge in [0.25, 0.3) is 5.91 Å². The van der Waals surface area contributed by atoms with Crippen LogP contribution in [0.3, 0.4) is 0 Å². The van der Waals surface area contributed by atoms with E-state index in [1.807, 2.05) is 11.4 Å². The van der Waals surface area contributed by atoms with E-state index in [4.69, 9.17) is 4.74 Å². The highest BCUT2D eigenvalue weighted by Gasteiger charge is 2.42. The zero-order valence-electron chi connectivity index (χ0n) is 17.9. The summed E-state index contributed by atoms with van der Waals surface area (Å²) in [5, 5.41) is 8.17. The molecule has 9 heteroatoms. The molecule has 2 aliphatic heterocycles. The highest BCUT2D eigenvalue weighted by molar-refractivity contribution is 7.13. The van der Waals surface area contributed by atoms with Gasteiger partial charge in [0.1, 0.15) is 5.75 Å². The lowest BCUT2D eigenvalue weighted by Gasteiger charge is -2.38. The molecule has 1 aromatic heterocycles. The van der Waals surface area contributed by atoms with Gasteiger partial charge in [-0.3, -0.25) is 14.4 Å². The van der Waals surface area contributed by atoms with E-state index in [0.29, 0.717) is 35.8 Å². The molecular weight excluding hydrogens is 416 g/mol. The first-order valence-corrected chi connectivity index (χ1v) is 11.2.